The van der Waals surface area contributed by atoms with Crippen molar-refractivity contribution in [2.45, 2.75) is 51.2 Å². The van der Waals surface area contributed by atoms with Crippen molar-refractivity contribution in [1.82, 2.24) is 8.61 Å². The van der Waals surface area contributed by atoms with Gasteiger partial charge in [0.15, 0.2) is 0 Å². The first-order valence-corrected chi connectivity index (χ1v) is 7.82. The predicted molar refractivity (Wildman–Crippen MR) is 66.8 cm³/mol. The Kier molecular flexibility index (Phi) is 4.17. The van der Waals surface area contributed by atoms with Gasteiger partial charge in [0, 0.05) is 19.1 Å². The summed E-state index contributed by atoms with van der Waals surface area (Å²) < 4.78 is 28.0. The van der Waals surface area contributed by atoms with E-state index in [1.807, 2.05) is 6.92 Å². The minimum Gasteiger partial charge on any atom is -0.211 e. The molecule has 0 saturated carbocycles. The lowest BCUT2D eigenvalue weighted by atomic mass is 10.1. The number of hydrogen-bond acceptors (Lipinski definition) is 4. The van der Waals surface area contributed by atoms with Gasteiger partial charge in [0.25, 0.3) is 10.2 Å². The smallest absolute Gasteiger partial charge is 0.211 e. The van der Waals surface area contributed by atoms with E-state index in [1.165, 1.54) is 10.4 Å². The molecule has 2 aliphatic rings. The Labute approximate surface area is 108 Å². The molecule has 2 unspecified atom stereocenters. The maximum atomic E-state index is 12.5. The fraction of sp³-hybridized carbons (Fsp3) is 0.909. The van der Waals surface area contributed by atoms with Gasteiger partial charge in [-0.05, 0) is 32.6 Å². The number of piperidine rings is 1. The van der Waals surface area contributed by atoms with E-state index in [1.54, 1.807) is 4.31 Å². The van der Waals surface area contributed by atoms with Gasteiger partial charge in [-0.2, -0.15) is 22.0 Å². The average Bonchev–Trinajstić information content (AvgIpc) is 2.79. The molecule has 7 heteroatoms. The molecule has 2 saturated heterocycles. The minimum absolute atomic E-state index is 0.0326. The molecule has 18 heavy (non-hydrogen) atoms. The van der Waals surface area contributed by atoms with Crippen LogP contribution in [0.15, 0.2) is 4.99 Å². The molecule has 0 amide bonds. The van der Waals surface area contributed by atoms with Gasteiger partial charge in [-0.1, -0.05) is 6.42 Å². The first-order valence-electron chi connectivity index (χ1n) is 6.43. The summed E-state index contributed by atoms with van der Waals surface area (Å²) in [5.74, 6) is 0. The Hall–Kier alpha value is -0.750. The van der Waals surface area contributed by atoms with Crippen LogP contribution < -0.4 is 0 Å². The van der Waals surface area contributed by atoms with Gasteiger partial charge in [-0.25, -0.2) is 4.79 Å². The zero-order chi connectivity index (χ0) is 13.2. The molecule has 2 aliphatic heterocycles. The zero-order valence-corrected chi connectivity index (χ0v) is 11.4. The Bertz CT molecular complexity index is 444. The monoisotopic (exact) mass is 273 g/mol. The van der Waals surface area contributed by atoms with E-state index < -0.39 is 16.4 Å². The number of carbonyl (C=O) groups excluding carboxylic acids is 1. The van der Waals surface area contributed by atoms with Gasteiger partial charge in [-0.15, -0.1) is 0 Å². The van der Waals surface area contributed by atoms with Crippen LogP contribution >= 0.6 is 0 Å². The third-order valence-corrected chi connectivity index (χ3v) is 5.86. The van der Waals surface area contributed by atoms with Crippen molar-refractivity contribution < 1.29 is 13.2 Å². The van der Waals surface area contributed by atoms with Gasteiger partial charge >= 0.3 is 0 Å². The van der Waals surface area contributed by atoms with E-state index in [2.05, 4.69) is 4.99 Å². The van der Waals surface area contributed by atoms with Crippen molar-refractivity contribution in [3.05, 3.63) is 0 Å². The quantitative estimate of drug-likeness (QED) is 0.565. The van der Waals surface area contributed by atoms with Crippen LogP contribution in [0.3, 0.4) is 0 Å². The fourth-order valence-electron chi connectivity index (χ4n) is 2.73. The fourth-order valence-corrected chi connectivity index (χ4v) is 4.74. The van der Waals surface area contributed by atoms with Crippen LogP contribution in [-0.4, -0.2) is 48.4 Å². The highest BCUT2D eigenvalue weighted by atomic mass is 32.2. The largest absolute Gasteiger partial charge is 0.284 e. The number of rotatable bonds is 3. The van der Waals surface area contributed by atoms with Crippen LogP contribution in [0.1, 0.15) is 39.0 Å². The van der Waals surface area contributed by atoms with E-state index >= 15 is 0 Å². The van der Waals surface area contributed by atoms with Crippen molar-refractivity contribution >= 4 is 16.3 Å². The maximum Gasteiger partial charge on any atom is 0.284 e. The van der Waals surface area contributed by atoms with Gasteiger partial charge in [0.1, 0.15) is 6.17 Å². The van der Waals surface area contributed by atoms with Crippen molar-refractivity contribution in [2.75, 3.05) is 13.1 Å². The van der Waals surface area contributed by atoms with Crippen LogP contribution in [0.25, 0.3) is 0 Å². The maximum absolute atomic E-state index is 12.5. The lowest BCUT2D eigenvalue weighted by Crippen LogP contribution is -2.50. The predicted octanol–water partition coefficient (Wildman–Crippen LogP) is 0.863. The number of hydrogen-bond donors (Lipinski definition) is 0. The van der Waals surface area contributed by atoms with E-state index in [9.17, 15) is 13.2 Å². The SMILES string of the molecule is CC1CCCCN1S(=O)(=O)N1CCCC1N=C=O. The number of aliphatic imine (C=N–C) groups is 1. The minimum atomic E-state index is -3.49. The molecule has 2 atom stereocenters. The van der Waals surface area contributed by atoms with Crippen LogP contribution in [0, 0.1) is 0 Å². The summed E-state index contributed by atoms with van der Waals surface area (Å²) in [4.78, 5) is 14.0. The highest BCUT2D eigenvalue weighted by molar-refractivity contribution is 7.86. The third-order valence-electron chi connectivity index (χ3n) is 3.71. The number of isocyanates is 1. The summed E-state index contributed by atoms with van der Waals surface area (Å²) in [5, 5.41) is 0. The molecule has 2 rings (SSSR count). The molecule has 0 aromatic carbocycles. The molecule has 0 N–H and O–H groups in total. The summed E-state index contributed by atoms with van der Waals surface area (Å²) in [7, 11) is -3.49. The topological polar surface area (TPSA) is 70.1 Å². The standard InChI is InChI=1S/C11H19N3O3S/c1-10-5-2-3-7-13(10)18(16,17)14-8-4-6-11(14)12-9-15/h10-11H,2-8H2,1H3. The Morgan fingerprint density at radius 3 is 2.50 bits per heavy atom. The molecular formula is C11H19N3O3S. The normalized spacial score (nSPS) is 31.2. The molecule has 102 valence electrons. The number of nitrogens with zero attached hydrogens (tertiary/aromatic N) is 3. The molecular weight excluding hydrogens is 254 g/mol. The van der Waals surface area contributed by atoms with E-state index in [4.69, 9.17) is 0 Å². The van der Waals surface area contributed by atoms with Crippen LogP contribution in [-0.2, 0) is 15.0 Å². The molecule has 0 aliphatic carbocycles. The van der Waals surface area contributed by atoms with E-state index in [0.29, 0.717) is 19.5 Å². The highest BCUT2D eigenvalue weighted by Crippen LogP contribution is 2.28. The molecule has 0 aromatic rings. The summed E-state index contributed by atoms with van der Waals surface area (Å²) >= 11 is 0. The second kappa shape index (κ2) is 5.48. The van der Waals surface area contributed by atoms with Gasteiger partial charge < -0.3 is 0 Å². The lowest BCUT2D eigenvalue weighted by Gasteiger charge is -2.35. The first kappa shape index (κ1) is 13.7. The molecule has 0 bridgehead atoms. The zero-order valence-electron chi connectivity index (χ0n) is 10.6. The third kappa shape index (κ3) is 2.49. The van der Waals surface area contributed by atoms with Crippen molar-refractivity contribution in [3.8, 4) is 0 Å². The average molecular weight is 273 g/mol. The van der Waals surface area contributed by atoms with Crippen molar-refractivity contribution in [3.63, 3.8) is 0 Å². The van der Waals surface area contributed by atoms with Crippen molar-refractivity contribution in [1.29, 1.82) is 0 Å². The van der Waals surface area contributed by atoms with Gasteiger partial charge in [0.05, 0.1) is 0 Å². The second-order valence-corrected chi connectivity index (χ2v) is 6.75. The summed E-state index contributed by atoms with van der Waals surface area (Å²) in [6.07, 6.45) is 5.15. The van der Waals surface area contributed by atoms with Crippen LogP contribution in [0.5, 0.6) is 0 Å². The highest BCUT2D eigenvalue weighted by Gasteiger charge is 2.40. The van der Waals surface area contributed by atoms with E-state index in [0.717, 1.165) is 25.7 Å². The summed E-state index contributed by atoms with van der Waals surface area (Å²) in [5.41, 5.74) is 0. The van der Waals surface area contributed by atoms with Gasteiger partial charge in [0.2, 0.25) is 6.08 Å². The molecule has 6 nitrogen and oxygen atoms in total. The molecule has 0 radical (unpaired) electrons. The molecule has 0 spiro atoms. The Morgan fingerprint density at radius 1 is 1.11 bits per heavy atom. The lowest BCUT2D eigenvalue weighted by molar-refractivity contribution is 0.241. The van der Waals surface area contributed by atoms with E-state index in [-0.39, 0.29) is 6.04 Å². The molecule has 2 heterocycles. The van der Waals surface area contributed by atoms with Crippen LogP contribution in [0.4, 0.5) is 0 Å². The van der Waals surface area contributed by atoms with Gasteiger partial charge in [-0.3, -0.25) is 0 Å². The Balaban J connectivity index is 2.21. The molecule has 0 aromatic heterocycles. The van der Waals surface area contributed by atoms with Crippen LogP contribution in [0.2, 0.25) is 0 Å². The second-order valence-electron chi connectivity index (χ2n) is 4.92. The summed E-state index contributed by atoms with van der Waals surface area (Å²) in [6.45, 7) is 2.95. The molecule has 2 fully saturated rings. The Morgan fingerprint density at radius 2 is 1.83 bits per heavy atom. The summed E-state index contributed by atoms with van der Waals surface area (Å²) in [6, 6.07) is 0.0326. The first-order chi connectivity index (χ1) is 8.57. The van der Waals surface area contributed by atoms with Crippen molar-refractivity contribution in [2.24, 2.45) is 4.99 Å².